The van der Waals surface area contributed by atoms with Crippen LogP contribution in [0.25, 0.3) is 0 Å². The van der Waals surface area contributed by atoms with Crippen molar-refractivity contribution in [2.45, 2.75) is 37.6 Å². The summed E-state index contributed by atoms with van der Waals surface area (Å²) in [6.45, 7) is 1.12. The second-order valence-electron chi connectivity index (χ2n) is 6.16. The smallest absolute Gasteiger partial charge is 0.325 e. The third kappa shape index (κ3) is 2.76. The van der Waals surface area contributed by atoms with Crippen LogP contribution in [0.15, 0.2) is 0 Å². The molecule has 122 valence electrons. The van der Waals surface area contributed by atoms with Gasteiger partial charge in [-0.3, -0.25) is 18.7 Å². The minimum Gasteiger partial charge on any atom is -0.341 e. The Morgan fingerprint density at radius 3 is 2.45 bits per heavy atom. The minimum absolute atomic E-state index is 0.0790. The number of carbonyl (C=O) groups is 3. The van der Waals surface area contributed by atoms with Crippen LogP contribution in [0, 0.1) is 0 Å². The predicted octanol–water partition coefficient (Wildman–Crippen LogP) is -0.168. The van der Waals surface area contributed by atoms with E-state index in [0.29, 0.717) is 37.4 Å². The Labute approximate surface area is 131 Å². The highest BCUT2D eigenvalue weighted by Crippen LogP contribution is 2.35. The van der Waals surface area contributed by atoms with Crippen LogP contribution in [0.2, 0.25) is 0 Å². The van der Waals surface area contributed by atoms with Crippen LogP contribution in [0.3, 0.4) is 0 Å². The summed E-state index contributed by atoms with van der Waals surface area (Å²) in [7, 11) is -0.823. The molecule has 1 N–H and O–H groups in total. The zero-order valence-electron chi connectivity index (χ0n) is 12.5. The van der Waals surface area contributed by atoms with Crippen LogP contribution in [0.4, 0.5) is 4.79 Å². The topological polar surface area (TPSA) is 86.8 Å². The standard InChI is InChI=1S/C14H21N3O4S/c18-11(16-7-9-22(21)10-8-16)3-6-17-12(19)14(15-13(17)20)4-1-2-5-14/h1-10H2,(H,15,20). The molecule has 3 fully saturated rings. The van der Waals surface area contributed by atoms with Crippen molar-refractivity contribution in [2.24, 2.45) is 0 Å². The predicted molar refractivity (Wildman–Crippen MR) is 80.5 cm³/mol. The van der Waals surface area contributed by atoms with Gasteiger partial charge in [0.2, 0.25) is 5.91 Å². The lowest BCUT2D eigenvalue weighted by atomic mass is 9.98. The average Bonchev–Trinajstić information content (AvgIpc) is 3.05. The fraction of sp³-hybridized carbons (Fsp3) is 0.786. The Balaban J connectivity index is 1.55. The van der Waals surface area contributed by atoms with Crippen molar-refractivity contribution in [3.8, 4) is 0 Å². The number of carbonyl (C=O) groups excluding carboxylic acids is 3. The van der Waals surface area contributed by atoms with Crippen LogP contribution in [0.1, 0.15) is 32.1 Å². The molecule has 0 aromatic heterocycles. The molecule has 2 heterocycles. The van der Waals surface area contributed by atoms with Crippen molar-refractivity contribution in [3.63, 3.8) is 0 Å². The molecule has 1 saturated carbocycles. The van der Waals surface area contributed by atoms with Crippen molar-refractivity contribution in [1.82, 2.24) is 15.1 Å². The first kappa shape index (κ1) is 15.5. The number of amides is 4. The highest BCUT2D eigenvalue weighted by atomic mass is 32.2. The SMILES string of the molecule is O=C(CCN1C(=O)NC2(CCCC2)C1=O)N1CCS(=O)CC1. The number of rotatable bonds is 3. The van der Waals surface area contributed by atoms with Gasteiger partial charge < -0.3 is 10.2 Å². The molecular formula is C14H21N3O4S. The molecular weight excluding hydrogens is 306 g/mol. The van der Waals surface area contributed by atoms with E-state index in [2.05, 4.69) is 5.32 Å². The maximum absolute atomic E-state index is 12.4. The Morgan fingerprint density at radius 2 is 1.82 bits per heavy atom. The van der Waals surface area contributed by atoms with Crippen LogP contribution in [-0.2, 0) is 20.4 Å². The van der Waals surface area contributed by atoms with Gasteiger partial charge in [-0.05, 0) is 12.8 Å². The lowest BCUT2D eigenvalue weighted by Gasteiger charge is -2.27. The Morgan fingerprint density at radius 1 is 1.18 bits per heavy atom. The van der Waals surface area contributed by atoms with Crippen molar-refractivity contribution in [2.75, 3.05) is 31.1 Å². The molecule has 0 aromatic carbocycles. The van der Waals surface area contributed by atoms with Crippen LogP contribution in [-0.4, -0.2) is 68.5 Å². The van der Waals surface area contributed by atoms with E-state index < -0.39 is 16.3 Å². The highest BCUT2D eigenvalue weighted by Gasteiger charge is 2.52. The van der Waals surface area contributed by atoms with Crippen LogP contribution in [0.5, 0.6) is 0 Å². The van der Waals surface area contributed by atoms with Crippen molar-refractivity contribution < 1.29 is 18.6 Å². The third-order valence-electron chi connectivity index (χ3n) is 4.78. The van der Waals surface area contributed by atoms with Gasteiger partial charge in [-0.2, -0.15) is 0 Å². The summed E-state index contributed by atoms with van der Waals surface area (Å²) in [5, 5.41) is 2.81. The summed E-state index contributed by atoms with van der Waals surface area (Å²) in [5.74, 6) is 0.767. The Bertz CT molecular complexity index is 520. The molecule has 4 amide bonds. The van der Waals surface area contributed by atoms with Crippen molar-refractivity contribution in [1.29, 1.82) is 0 Å². The van der Waals surface area contributed by atoms with E-state index in [1.165, 1.54) is 4.90 Å². The summed E-state index contributed by atoms with van der Waals surface area (Å²) in [6.07, 6.45) is 3.43. The summed E-state index contributed by atoms with van der Waals surface area (Å²) < 4.78 is 11.3. The van der Waals surface area contributed by atoms with E-state index in [4.69, 9.17) is 0 Å². The second-order valence-corrected chi connectivity index (χ2v) is 7.85. The first-order valence-electron chi connectivity index (χ1n) is 7.79. The van der Waals surface area contributed by atoms with Gasteiger partial charge in [-0.1, -0.05) is 12.8 Å². The number of nitrogens with one attached hydrogen (secondary N) is 1. The van der Waals surface area contributed by atoms with Crippen molar-refractivity contribution >= 4 is 28.6 Å². The van der Waals surface area contributed by atoms with Gasteiger partial charge in [-0.25, -0.2) is 4.79 Å². The molecule has 3 rings (SSSR count). The molecule has 2 saturated heterocycles. The molecule has 2 aliphatic heterocycles. The molecule has 3 aliphatic rings. The number of urea groups is 1. The van der Waals surface area contributed by atoms with E-state index in [1.54, 1.807) is 4.90 Å². The number of imide groups is 1. The molecule has 1 aliphatic carbocycles. The summed E-state index contributed by atoms with van der Waals surface area (Å²) in [4.78, 5) is 39.5. The summed E-state index contributed by atoms with van der Waals surface area (Å²) >= 11 is 0. The van der Waals surface area contributed by atoms with E-state index in [0.717, 1.165) is 12.8 Å². The first-order valence-corrected chi connectivity index (χ1v) is 9.27. The molecule has 0 bridgehead atoms. The van der Waals surface area contributed by atoms with Gasteiger partial charge >= 0.3 is 6.03 Å². The summed E-state index contributed by atoms with van der Waals surface area (Å²) in [5.41, 5.74) is -0.706. The van der Waals surface area contributed by atoms with Crippen molar-refractivity contribution in [3.05, 3.63) is 0 Å². The minimum atomic E-state index is -0.823. The van der Waals surface area contributed by atoms with Gasteiger partial charge in [0.25, 0.3) is 5.91 Å². The number of nitrogens with zero attached hydrogens (tertiary/aromatic N) is 2. The van der Waals surface area contributed by atoms with Gasteiger partial charge in [0.05, 0.1) is 0 Å². The lowest BCUT2D eigenvalue weighted by Crippen LogP contribution is -2.45. The number of hydrogen-bond acceptors (Lipinski definition) is 4. The largest absolute Gasteiger partial charge is 0.341 e. The molecule has 0 aromatic rings. The average molecular weight is 327 g/mol. The maximum Gasteiger partial charge on any atom is 0.325 e. The normalized spacial score (nSPS) is 25.1. The zero-order valence-corrected chi connectivity index (χ0v) is 13.3. The van der Waals surface area contributed by atoms with Crippen LogP contribution < -0.4 is 5.32 Å². The number of hydrogen-bond donors (Lipinski definition) is 1. The Kier molecular flexibility index (Phi) is 4.20. The van der Waals surface area contributed by atoms with Gasteiger partial charge in [0.15, 0.2) is 0 Å². The fourth-order valence-corrected chi connectivity index (χ4v) is 4.50. The summed E-state index contributed by atoms with van der Waals surface area (Å²) in [6, 6.07) is -0.376. The molecule has 0 atom stereocenters. The van der Waals surface area contributed by atoms with E-state index in [9.17, 15) is 18.6 Å². The molecule has 7 nitrogen and oxygen atoms in total. The molecule has 8 heteroatoms. The van der Waals surface area contributed by atoms with Gasteiger partial charge in [-0.15, -0.1) is 0 Å². The maximum atomic E-state index is 12.4. The quantitative estimate of drug-likeness (QED) is 0.729. The Hall–Kier alpha value is -1.44. The monoisotopic (exact) mass is 327 g/mol. The van der Waals surface area contributed by atoms with Gasteiger partial charge in [0, 0.05) is 48.4 Å². The molecule has 22 heavy (non-hydrogen) atoms. The van der Waals surface area contributed by atoms with E-state index >= 15 is 0 Å². The second kappa shape index (κ2) is 5.98. The zero-order chi connectivity index (χ0) is 15.7. The molecule has 1 spiro atoms. The molecule has 0 radical (unpaired) electrons. The van der Waals surface area contributed by atoms with Gasteiger partial charge in [0.1, 0.15) is 5.54 Å². The molecule has 0 unspecified atom stereocenters. The highest BCUT2D eigenvalue weighted by molar-refractivity contribution is 7.85. The van der Waals surface area contributed by atoms with E-state index in [1.807, 2.05) is 0 Å². The van der Waals surface area contributed by atoms with E-state index in [-0.39, 0.29) is 30.8 Å². The lowest BCUT2D eigenvalue weighted by molar-refractivity contribution is -0.133. The fourth-order valence-electron chi connectivity index (χ4n) is 3.45. The van der Waals surface area contributed by atoms with Crippen LogP contribution >= 0.6 is 0 Å². The first-order chi connectivity index (χ1) is 10.5. The third-order valence-corrected chi connectivity index (χ3v) is 6.06.